The summed E-state index contributed by atoms with van der Waals surface area (Å²) in [5.74, 6) is 0.589. The molecule has 94 valence electrons. The van der Waals surface area contributed by atoms with Crippen LogP contribution in [-0.2, 0) is 6.54 Å². The molecule has 4 nitrogen and oxygen atoms in total. The summed E-state index contributed by atoms with van der Waals surface area (Å²) in [5.41, 5.74) is 0.797. The molecule has 0 aromatic carbocycles. The predicted molar refractivity (Wildman–Crippen MR) is 77.7 cm³/mol. The number of carbonyl (C=O) groups is 1. The number of nitrogens with one attached hydrogen (secondary N) is 1. The molecule has 2 heterocycles. The Morgan fingerprint density at radius 1 is 1.50 bits per heavy atom. The highest BCUT2D eigenvalue weighted by Crippen LogP contribution is 2.32. The maximum Gasteiger partial charge on any atom is 0.261 e. The normalized spacial score (nSPS) is 10.4. The van der Waals surface area contributed by atoms with Gasteiger partial charge < -0.3 is 5.32 Å². The van der Waals surface area contributed by atoms with Crippen LogP contribution in [0.4, 0.5) is 0 Å². The number of hydrogen-bond donors (Lipinski definition) is 1. The van der Waals surface area contributed by atoms with Crippen molar-refractivity contribution in [2.45, 2.75) is 13.5 Å². The Hall–Kier alpha value is -0.790. The van der Waals surface area contributed by atoms with Crippen LogP contribution in [0.15, 0.2) is 26.6 Å². The van der Waals surface area contributed by atoms with E-state index in [9.17, 15) is 4.79 Å². The number of thiophene rings is 1. The number of hydrogen-bond acceptors (Lipinski definition) is 4. The van der Waals surface area contributed by atoms with Crippen LogP contribution in [0.1, 0.15) is 21.2 Å². The first-order chi connectivity index (χ1) is 8.56. The van der Waals surface area contributed by atoms with E-state index in [1.807, 2.05) is 6.92 Å². The second kappa shape index (κ2) is 5.90. The summed E-state index contributed by atoms with van der Waals surface area (Å²) in [5, 5.41) is 2.82. The van der Waals surface area contributed by atoms with Gasteiger partial charge in [-0.15, -0.1) is 11.3 Å². The highest BCUT2D eigenvalue weighted by atomic mass is 79.9. The highest BCUT2D eigenvalue weighted by Gasteiger charge is 2.11. The van der Waals surface area contributed by atoms with E-state index in [2.05, 4.69) is 47.1 Å². The van der Waals surface area contributed by atoms with Gasteiger partial charge in [-0.1, -0.05) is 0 Å². The molecule has 0 fully saturated rings. The van der Waals surface area contributed by atoms with Gasteiger partial charge in [0.05, 0.1) is 20.9 Å². The molecule has 0 atom stereocenters. The van der Waals surface area contributed by atoms with Gasteiger partial charge in [-0.3, -0.25) is 4.79 Å². The summed E-state index contributed by atoms with van der Waals surface area (Å²) >= 11 is 8.10. The summed E-state index contributed by atoms with van der Waals surface area (Å²) in [4.78, 5) is 20.8. The van der Waals surface area contributed by atoms with Crippen molar-refractivity contribution in [3.8, 4) is 0 Å². The van der Waals surface area contributed by atoms with Crippen LogP contribution in [0.2, 0.25) is 0 Å². The molecule has 0 saturated carbocycles. The van der Waals surface area contributed by atoms with Crippen molar-refractivity contribution in [2.75, 3.05) is 0 Å². The van der Waals surface area contributed by atoms with Gasteiger partial charge in [0, 0.05) is 10.7 Å². The molecule has 0 radical (unpaired) electrons. The van der Waals surface area contributed by atoms with E-state index in [0.717, 1.165) is 14.0 Å². The monoisotopic (exact) mass is 389 g/mol. The average Bonchev–Trinajstić information content (AvgIpc) is 2.67. The minimum absolute atomic E-state index is 0.109. The molecule has 1 amide bonds. The van der Waals surface area contributed by atoms with Crippen LogP contribution in [0.5, 0.6) is 0 Å². The molecule has 2 aromatic heterocycles. The second-order valence-electron chi connectivity index (χ2n) is 3.51. The van der Waals surface area contributed by atoms with Crippen molar-refractivity contribution in [3.05, 3.63) is 43.0 Å². The molecule has 0 unspecified atom stereocenters. The number of rotatable bonds is 3. The summed E-state index contributed by atoms with van der Waals surface area (Å²) in [7, 11) is 0. The molecule has 18 heavy (non-hydrogen) atoms. The van der Waals surface area contributed by atoms with Crippen molar-refractivity contribution in [3.63, 3.8) is 0 Å². The lowest BCUT2D eigenvalue weighted by Gasteiger charge is -2.03. The molecule has 1 N–H and O–H groups in total. The zero-order valence-corrected chi connectivity index (χ0v) is 13.4. The van der Waals surface area contributed by atoms with E-state index in [1.54, 1.807) is 18.3 Å². The van der Waals surface area contributed by atoms with Crippen molar-refractivity contribution in [1.29, 1.82) is 0 Å². The van der Waals surface area contributed by atoms with E-state index in [-0.39, 0.29) is 5.91 Å². The molecule has 0 bridgehead atoms. The number of amides is 1. The van der Waals surface area contributed by atoms with Gasteiger partial charge in [-0.25, -0.2) is 9.97 Å². The van der Waals surface area contributed by atoms with Gasteiger partial charge in [0.2, 0.25) is 0 Å². The average molecular weight is 391 g/mol. The first-order valence-corrected chi connectivity index (χ1v) is 7.48. The van der Waals surface area contributed by atoms with Crippen LogP contribution in [0, 0.1) is 6.92 Å². The second-order valence-corrected chi connectivity index (χ2v) is 6.73. The minimum Gasteiger partial charge on any atom is -0.346 e. The van der Waals surface area contributed by atoms with E-state index >= 15 is 0 Å². The fraction of sp³-hybridized carbons (Fsp3) is 0.182. The smallest absolute Gasteiger partial charge is 0.261 e. The summed E-state index contributed by atoms with van der Waals surface area (Å²) in [6.07, 6.45) is 1.68. The summed E-state index contributed by atoms with van der Waals surface area (Å²) < 4.78 is 1.79. The first-order valence-electron chi connectivity index (χ1n) is 5.08. The third-order valence-corrected chi connectivity index (χ3v) is 5.39. The van der Waals surface area contributed by atoms with Crippen molar-refractivity contribution in [1.82, 2.24) is 15.3 Å². The number of aromatic nitrogens is 2. The predicted octanol–water partition coefficient (Wildman–Crippen LogP) is 3.30. The Balaban J connectivity index is 2.00. The maximum absolute atomic E-state index is 11.9. The standard InChI is InChI=1S/C11H9Br2N3OS/c1-6-14-3-2-7(16-6)5-15-11(17)9-4-8(12)10(13)18-9/h2-4H,5H2,1H3,(H,15,17). The van der Waals surface area contributed by atoms with Crippen LogP contribution in [0.3, 0.4) is 0 Å². The maximum atomic E-state index is 11.9. The molecule has 0 aliphatic carbocycles. The van der Waals surface area contributed by atoms with Gasteiger partial charge in [-0.2, -0.15) is 0 Å². The third-order valence-electron chi connectivity index (χ3n) is 2.13. The number of nitrogens with zero attached hydrogens (tertiary/aromatic N) is 2. The molecular weight excluding hydrogens is 382 g/mol. The fourth-order valence-electron chi connectivity index (χ4n) is 1.32. The van der Waals surface area contributed by atoms with Gasteiger partial charge in [0.25, 0.3) is 5.91 Å². The lowest BCUT2D eigenvalue weighted by Crippen LogP contribution is -2.22. The van der Waals surface area contributed by atoms with E-state index in [1.165, 1.54) is 11.3 Å². The molecule has 0 saturated heterocycles. The van der Waals surface area contributed by atoms with Crippen LogP contribution < -0.4 is 5.32 Å². The zero-order valence-electron chi connectivity index (χ0n) is 9.41. The minimum atomic E-state index is -0.109. The van der Waals surface area contributed by atoms with Crippen molar-refractivity contribution in [2.24, 2.45) is 0 Å². The lowest BCUT2D eigenvalue weighted by molar-refractivity contribution is 0.0954. The first kappa shape index (κ1) is 13.6. The number of halogens is 2. The Kier molecular flexibility index (Phi) is 4.47. The lowest BCUT2D eigenvalue weighted by atomic mass is 10.3. The fourth-order valence-corrected chi connectivity index (χ4v) is 3.27. The van der Waals surface area contributed by atoms with E-state index in [4.69, 9.17) is 0 Å². The Morgan fingerprint density at radius 3 is 2.89 bits per heavy atom. The number of aryl methyl sites for hydroxylation is 1. The SMILES string of the molecule is Cc1nccc(CNC(=O)c2cc(Br)c(Br)s2)n1. The Morgan fingerprint density at radius 2 is 2.28 bits per heavy atom. The highest BCUT2D eigenvalue weighted by molar-refractivity contribution is 9.13. The summed E-state index contributed by atoms with van der Waals surface area (Å²) in [6.45, 7) is 2.22. The Bertz CT molecular complexity index is 566. The van der Waals surface area contributed by atoms with Gasteiger partial charge in [0.15, 0.2) is 0 Å². The molecular formula is C11H9Br2N3OS. The molecule has 0 spiro atoms. The molecule has 0 aliphatic heterocycles. The van der Waals surface area contributed by atoms with E-state index in [0.29, 0.717) is 17.2 Å². The van der Waals surface area contributed by atoms with Gasteiger partial charge in [0.1, 0.15) is 5.82 Å². The largest absolute Gasteiger partial charge is 0.346 e. The molecule has 2 rings (SSSR count). The topological polar surface area (TPSA) is 54.9 Å². The van der Waals surface area contributed by atoms with Crippen molar-refractivity contribution < 1.29 is 4.79 Å². The Labute approximate surface area is 125 Å². The quantitative estimate of drug-likeness (QED) is 0.874. The van der Waals surface area contributed by atoms with Gasteiger partial charge in [-0.05, 0) is 50.9 Å². The molecule has 2 aromatic rings. The zero-order chi connectivity index (χ0) is 13.1. The van der Waals surface area contributed by atoms with Crippen LogP contribution in [0.25, 0.3) is 0 Å². The van der Waals surface area contributed by atoms with E-state index < -0.39 is 0 Å². The number of carbonyl (C=O) groups excluding carboxylic acids is 1. The molecule has 0 aliphatic rings. The molecule has 7 heteroatoms. The third kappa shape index (κ3) is 3.37. The van der Waals surface area contributed by atoms with Crippen LogP contribution in [-0.4, -0.2) is 15.9 Å². The van der Waals surface area contributed by atoms with Crippen molar-refractivity contribution >= 4 is 49.1 Å². The van der Waals surface area contributed by atoms with Gasteiger partial charge >= 0.3 is 0 Å². The van der Waals surface area contributed by atoms with Crippen LogP contribution >= 0.6 is 43.2 Å². The summed E-state index contributed by atoms with van der Waals surface area (Å²) in [6, 6.07) is 3.57.